The van der Waals surface area contributed by atoms with Crippen molar-refractivity contribution in [3.05, 3.63) is 59.7 Å². The van der Waals surface area contributed by atoms with E-state index in [2.05, 4.69) is 12.1 Å². The lowest BCUT2D eigenvalue weighted by Gasteiger charge is -2.16. The van der Waals surface area contributed by atoms with Gasteiger partial charge in [0.2, 0.25) is 0 Å². The van der Waals surface area contributed by atoms with Crippen molar-refractivity contribution >= 4 is 5.69 Å². The lowest BCUT2D eigenvalue weighted by atomic mass is 9.97. The van der Waals surface area contributed by atoms with Crippen LogP contribution in [0.1, 0.15) is 23.5 Å². The minimum Gasteiger partial charge on any atom is -0.494 e. The third-order valence-electron chi connectivity index (χ3n) is 3.61. The first-order valence-corrected chi connectivity index (χ1v) is 7.46. The number of aryl methyl sites for hydroxylation is 1. The van der Waals surface area contributed by atoms with E-state index in [1.165, 1.54) is 5.56 Å². The quantitative estimate of drug-likeness (QED) is 0.803. The number of rotatable bonds is 6. The number of anilines is 1. The van der Waals surface area contributed by atoms with Crippen molar-refractivity contribution in [2.45, 2.75) is 19.3 Å². The van der Waals surface area contributed by atoms with Gasteiger partial charge in [-0.25, -0.2) is 0 Å². The predicted octanol–water partition coefficient (Wildman–Crippen LogP) is 4.14. The highest BCUT2D eigenvalue weighted by atomic mass is 16.5. The summed E-state index contributed by atoms with van der Waals surface area (Å²) in [5.41, 5.74) is 3.33. The second kappa shape index (κ2) is 7.51. The van der Waals surface area contributed by atoms with Gasteiger partial charge in [-0.2, -0.15) is 5.26 Å². The molecule has 2 aromatic carbocycles. The van der Waals surface area contributed by atoms with Crippen LogP contribution in [0, 0.1) is 18.3 Å². The monoisotopic (exact) mass is 294 g/mol. The fourth-order valence-corrected chi connectivity index (χ4v) is 2.33. The van der Waals surface area contributed by atoms with Gasteiger partial charge in [-0.05, 0) is 42.3 Å². The number of nitrogens with zero attached hydrogens (tertiary/aromatic N) is 2. The average Bonchev–Trinajstić information content (AvgIpc) is 2.52. The first-order valence-electron chi connectivity index (χ1n) is 7.46. The summed E-state index contributed by atoms with van der Waals surface area (Å²) < 4.78 is 5.76. The van der Waals surface area contributed by atoms with E-state index in [-0.39, 0.29) is 5.92 Å². The maximum atomic E-state index is 9.43. The summed E-state index contributed by atoms with van der Waals surface area (Å²) in [5, 5.41) is 9.43. The molecular weight excluding hydrogens is 272 g/mol. The van der Waals surface area contributed by atoms with Crippen LogP contribution in [-0.2, 0) is 0 Å². The zero-order valence-electron chi connectivity index (χ0n) is 13.4. The molecule has 0 radical (unpaired) electrons. The van der Waals surface area contributed by atoms with Crippen molar-refractivity contribution in [3.8, 4) is 11.8 Å². The third kappa shape index (κ3) is 4.26. The lowest BCUT2D eigenvalue weighted by Crippen LogP contribution is -2.10. The summed E-state index contributed by atoms with van der Waals surface area (Å²) in [6.45, 7) is 2.57. The Labute approximate surface area is 132 Å². The highest BCUT2D eigenvalue weighted by Crippen LogP contribution is 2.24. The Hall–Kier alpha value is -2.47. The van der Waals surface area contributed by atoms with Gasteiger partial charge < -0.3 is 9.64 Å². The van der Waals surface area contributed by atoms with E-state index in [0.29, 0.717) is 13.0 Å². The van der Waals surface area contributed by atoms with Crippen LogP contribution in [0.2, 0.25) is 0 Å². The van der Waals surface area contributed by atoms with Crippen molar-refractivity contribution in [1.29, 1.82) is 5.26 Å². The molecule has 0 spiro atoms. The van der Waals surface area contributed by atoms with Crippen LogP contribution in [0.4, 0.5) is 5.69 Å². The van der Waals surface area contributed by atoms with Crippen LogP contribution in [0.25, 0.3) is 0 Å². The summed E-state index contributed by atoms with van der Waals surface area (Å²) in [7, 11) is 4.00. The highest BCUT2D eigenvalue weighted by Gasteiger charge is 2.12. The second-order valence-corrected chi connectivity index (χ2v) is 5.62. The molecule has 0 N–H and O–H groups in total. The molecule has 2 rings (SSSR count). The Morgan fingerprint density at radius 1 is 1.14 bits per heavy atom. The lowest BCUT2D eigenvalue weighted by molar-refractivity contribution is 0.306. The molecule has 1 atom stereocenters. The molecule has 114 valence electrons. The maximum Gasteiger partial charge on any atom is 0.119 e. The van der Waals surface area contributed by atoms with Crippen molar-refractivity contribution in [2.24, 2.45) is 0 Å². The minimum absolute atomic E-state index is 0.148. The second-order valence-electron chi connectivity index (χ2n) is 5.62. The predicted molar refractivity (Wildman–Crippen MR) is 90.4 cm³/mol. The van der Waals surface area contributed by atoms with Crippen LogP contribution in [-0.4, -0.2) is 20.7 Å². The van der Waals surface area contributed by atoms with Crippen LogP contribution in [0.15, 0.2) is 48.5 Å². The summed E-state index contributed by atoms with van der Waals surface area (Å²) >= 11 is 0. The minimum atomic E-state index is -0.148. The summed E-state index contributed by atoms with van der Waals surface area (Å²) in [5.74, 6) is 0.712. The number of ether oxygens (including phenoxy) is 1. The van der Waals surface area contributed by atoms with Crippen molar-refractivity contribution in [3.63, 3.8) is 0 Å². The van der Waals surface area contributed by atoms with Crippen LogP contribution in [0.3, 0.4) is 0 Å². The Morgan fingerprint density at radius 3 is 2.59 bits per heavy atom. The molecule has 0 aliphatic heterocycles. The highest BCUT2D eigenvalue weighted by molar-refractivity contribution is 5.48. The summed E-state index contributed by atoms with van der Waals surface area (Å²) in [6, 6.07) is 18.5. The molecular formula is C19H22N2O. The summed E-state index contributed by atoms with van der Waals surface area (Å²) in [4.78, 5) is 2.04. The topological polar surface area (TPSA) is 36.3 Å². The molecule has 0 aliphatic rings. The van der Waals surface area contributed by atoms with Crippen LogP contribution < -0.4 is 9.64 Å². The zero-order valence-corrected chi connectivity index (χ0v) is 13.4. The molecule has 0 saturated carbocycles. The number of nitriles is 1. The van der Waals surface area contributed by atoms with E-state index < -0.39 is 0 Å². The molecule has 0 amide bonds. The molecule has 1 unspecified atom stereocenters. The first-order chi connectivity index (χ1) is 10.6. The Balaban J connectivity index is 1.98. The fourth-order valence-electron chi connectivity index (χ4n) is 2.33. The first kappa shape index (κ1) is 15.9. The molecule has 0 saturated heterocycles. The van der Waals surface area contributed by atoms with Gasteiger partial charge in [0.15, 0.2) is 0 Å². The van der Waals surface area contributed by atoms with Crippen LogP contribution in [0.5, 0.6) is 5.75 Å². The van der Waals surface area contributed by atoms with Gasteiger partial charge in [0.1, 0.15) is 5.75 Å². The Morgan fingerprint density at radius 2 is 1.91 bits per heavy atom. The van der Waals surface area contributed by atoms with Gasteiger partial charge in [-0.15, -0.1) is 0 Å². The molecule has 3 nitrogen and oxygen atoms in total. The maximum absolute atomic E-state index is 9.43. The van der Waals surface area contributed by atoms with E-state index in [4.69, 9.17) is 4.74 Å². The fraction of sp³-hybridized carbons (Fsp3) is 0.316. The number of hydrogen-bond donors (Lipinski definition) is 0. The van der Waals surface area contributed by atoms with Crippen molar-refractivity contribution in [2.75, 3.05) is 25.6 Å². The number of hydrogen-bond acceptors (Lipinski definition) is 3. The van der Waals surface area contributed by atoms with Gasteiger partial charge in [-0.3, -0.25) is 0 Å². The van der Waals surface area contributed by atoms with Crippen LogP contribution >= 0.6 is 0 Å². The molecule has 0 fully saturated rings. The van der Waals surface area contributed by atoms with Crippen molar-refractivity contribution < 1.29 is 4.74 Å². The Bertz CT molecular complexity index is 658. The average molecular weight is 294 g/mol. The molecule has 2 aromatic rings. The van der Waals surface area contributed by atoms with Crippen molar-refractivity contribution in [1.82, 2.24) is 0 Å². The molecule has 0 aromatic heterocycles. The molecule has 3 heteroatoms. The van der Waals surface area contributed by atoms with E-state index in [1.807, 2.05) is 68.4 Å². The van der Waals surface area contributed by atoms with Gasteiger partial charge in [0.25, 0.3) is 0 Å². The van der Waals surface area contributed by atoms with Gasteiger partial charge in [0.05, 0.1) is 18.6 Å². The molecule has 22 heavy (non-hydrogen) atoms. The van der Waals surface area contributed by atoms with Gasteiger partial charge in [-0.1, -0.05) is 24.3 Å². The number of benzene rings is 2. The van der Waals surface area contributed by atoms with E-state index in [9.17, 15) is 5.26 Å². The standard InChI is InChI=1S/C19H22N2O/c1-15-6-4-9-19(12-15)22-11-10-17(14-20)16-7-5-8-18(13-16)21(2)3/h4-9,12-13,17H,10-11H2,1-3H3. The van der Waals surface area contributed by atoms with Gasteiger partial charge in [0, 0.05) is 26.2 Å². The normalized spacial score (nSPS) is 11.5. The largest absolute Gasteiger partial charge is 0.494 e. The Kier molecular flexibility index (Phi) is 5.43. The van der Waals surface area contributed by atoms with E-state index >= 15 is 0 Å². The smallest absolute Gasteiger partial charge is 0.119 e. The SMILES string of the molecule is Cc1cccc(OCCC(C#N)c2cccc(N(C)C)c2)c1. The third-order valence-corrected chi connectivity index (χ3v) is 3.61. The molecule has 0 heterocycles. The van der Waals surface area contributed by atoms with E-state index in [0.717, 1.165) is 17.0 Å². The van der Waals surface area contributed by atoms with E-state index in [1.54, 1.807) is 0 Å². The molecule has 0 bridgehead atoms. The molecule has 0 aliphatic carbocycles. The summed E-state index contributed by atoms with van der Waals surface area (Å²) in [6.07, 6.45) is 0.682. The van der Waals surface area contributed by atoms with Gasteiger partial charge >= 0.3 is 0 Å². The zero-order chi connectivity index (χ0) is 15.9.